The molecule has 1 aromatic rings. The fourth-order valence-corrected chi connectivity index (χ4v) is 1.59. The first-order valence-electron chi connectivity index (χ1n) is 5.59. The molecule has 0 saturated heterocycles. The Morgan fingerprint density at radius 1 is 1.53 bits per heavy atom. The summed E-state index contributed by atoms with van der Waals surface area (Å²) in [4.78, 5) is 13.6. The van der Waals surface area contributed by atoms with Crippen molar-refractivity contribution in [3.63, 3.8) is 0 Å². The van der Waals surface area contributed by atoms with Gasteiger partial charge in [0.2, 0.25) is 5.91 Å². The Hall–Kier alpha value is -1.79. The number of hydrogen-bond acceptors (Lipinski definition) is 2. The first kappa shape index (κ1) is 13.3. The predicted octanol–water partition coefficient (Wildman–Crippen LogP) is 2.06. The molecule has 0 atom stereocenters. The van der Waals surface area contributed by atoms with Crippen molar-refractivity contribution in [2.45, 2.75) is 13.3 Å². The number of anilines is 1. The van der Waals surface area contributed by atoms with E-state index in [-0.39, 0.29) is 5.91 Å². The molecule has 0 aromatic heterocycles. The Morgan fingerprint density at radius 3 is 2.88 bits per heavy atom. The van der Waals surface area contributed by atoms with Gasteiger partial charge in [0.15, 0.2) is 0 Å². The third-order valence-corrected chi connectivity index (χ3v) is 2.46. The molecule has 0 N–H and O–H groups in total. The van der Waals surface area contributed by atoms with Gasteiger partial charge in [0.25, 0.3) is 0 Å². The zero-order valence-electron chi connectivity index (χ0n) is 10.3. The van der Waals surface area contributed by atoms with Crippen LogP contribution in [0.2, 0.25) is 0 Å². The number of benzene rings is 1. The van der Waals surface area contributed by atoms with Crippen molar-refractivity contribution >= 4 is 11.6 Å². The van der Waals surface area contributed by atoms with Gasteiger partial charge in [-0.05, 0) is 25.1 Å². The monoisotopic (exact) mass is 231 g/mol. The van der Waals surface area contributed by atoms with Crippen LogP contribution in [-0.2, 0) is 9.53 Å². The van der Waals surface area contributed by atoms with E-state index in [4.69, 9.17) is 11.2 Å². The first-order chi connectivity index (χ1) is 8.22. The van der Waals surface area contributed by atoms with Crippen molar-refractivity contribution in [2.75, 3.05) is 25.2 Å². The summed E-state index contributed by atoms with van der Waals surface area (Å²) in [7, 11) is 1.59. The van der Waals surface area contributed by atoms with Gasteiger partial charge in [-0.1, -0.05) is 12.0 Å². The molecule has 0 aliphatic heterocycles. The number of ether oxygens (including phenoxy) is 1. The summed E-state index contributed by atoms with van der Waals surface area (Å²) < 4.78 is 4.91. The smallest absolute Gasteiger partial charge is 0.229 e. The van der Waals surface area contributed by atoms with Gasteiger partial charge in [0.1, 0.15) is 0 Å². The lowest BCUT2D eigenvalue weighted by atomic mass is 10.2. The Labute approximate surface area is 102 Å². The van der Waals surface area contributed by atoms with Crippen LogP contribution in [0, 0.1) is 12.3 Å². The molecule has 0 aliphatic carbocycles. The SMILES string of the molecule is C#Cc1cccc(N(CC)C(=O)CCOC)c1. The molecule has 0 unspecified atom stereocenters. The van der Waals surface area contributed by atoms with Crippen molar-refractivity contribution in [1.29, 1.82) is 0 Å². The number of hydrogen-bond donors (Lipinski definition) is 0. The molecule has 90 valence electrons. The van der Waals surface area contributed by atoms with E-state index in [9.17, 15) is 4.79 Å². The third kappa shape index (κ3) is 3.61. The standard InChI is InChI=1S/C14H17NO2/c1-4-12-7-6-8-13(11-12)15(5-2)14(16)9-10-17-3/h1,6-8,11H,5,9-10H2,2-3H3. The summed E-state index contributed by atoms with van der Waals surface area (Å²) in [6.45, 7) is 2.99. The highest BCUT2D eigenvalue weighted by atomic mass is 16.5. The van der Waals surface area contributed by atoms with E-state index in [2.05, 4.69) is 5.92 Å². The van der Waals surface area contributed by atoms with E-state index in [1.165, 1.54) is 0 Å². The maximum atomic E-state index is 11.9. The summed E-state index contributed by atoms with van der Waals surface area (Å²) in [6, 6.07) is 7.43. The van der Waals surface area contributed by atoms with E-state index in [0.717, 1.165) is 11.3 Å². The molecule has 1 aromatic carbocycles. The van der Waals surface area contributed by atoms with Crippen LogP contribution in [0.1, 0.15) is 18.9 Å². The molecule has 0 aliphatic rings. The quantitative estimate of drug-likeness (QED) is 0.726. The minimum absolute atomic E-state index is 0.0449. The van der Waals surface area contributed by atoms with Gasteiger partial charge in [-0.2, -0.15) is 0 Å². The second kappa shape index (κ2) is 6.72. The molecule has 0 saturated carbocycles. The molecular formula is C14H17NO2. The molecule has 3 nitrogen and oxygen atoms in total. The van der Waals surface area contributed by atoms with E-state index in [1.807, 2.05) is 31.2 Å². The maximum absolute atomic E-state index is 11.9. The number of carbonyl (C=O) groups is 1. The number of carbonyl (C=O) groups excluding carboxylic acids is 1. The minimum Gasteiger partial charge on any atom is -0.384 e. The van der Waals surface area contributed by atoms with Crippen LogP contribution in [0.5, 0.6) is 0 Å². The van der Waals surface area contributed by atoms with Gasteiger partial charge in [-0.15, -0.1) is 6.42 Å². The molecule has 0 fully saturated rings. The normalized spacial score (nSPS) is 9.71. The summed E-state index contributed by atoms with van der Waals surface area (Å²) >= 11 is 0. The van der Waals surface area contributed by atoms with Crippen molar-refractivity contribution in [1.82, 2.24) is 0 Å². The largest absolute Gasteiger partial charge is 0.384 e. The van der Waals surface area contributed by atoms with Crippen LogP contribution in [-0.4, -0.2) is 26.2 Å². The van der Waals surface area contributed by atoms with Crippen molar-refractivity contribution in [2.24, 2.45) is 0 Å². The second-order valence-electron chi connectivity index (χ2n) is 3.58. The Kier molecular flexibility index (Phi) is 5.25. The number of nitrogens with zero attached hydrogens (tertiary/aromatic N) is 1. The number of rotatable bonds is 5. The minimum atomic E-state index is 0.0449. The number of amides is 1. The van der Waals surface area contributed by atoms with Gasteiger partial charge < -0.3 is 9.64 Å². The Bertz CT molecular complexity index is 420. The molecule has 0 spiro atoms. The molecule has 3 heteroatoms. The lowest BCUT2D eigenvalue weighted by Crippen LogP contribution is -2.31. The summed E-state index contributed by atoms with van der Waals surface area (Å²) in [5.41, 5.74) is 1.62. The molecule has 0 bridgehead atoms. The second-order valence-corrected chi connectivity index (χ2v) is 3.58. The Balaban J connectivity index is 2.86. The lowest BCUT2D eigenvalue weighted by molar-refractivity contribution is -0.119. The molecular weight excluding hydrogens is 214 g/mol. The summed E-state index contributed by atoms with van der Waals surface area (Å²) in [6.07, 6.45) is 5.72. The predicted molar refractivity (Wildman–Crippen MR) is 68.9 cm³/mol. The van der Waals surface area contributed by atoms with E-state index in [1.54, 1.807) is 12.0 Å². The van der Waals surface area contributed by atoms with Gasteiger partial charge >= 0.3 is 0 Å². The average molecular weight is 231 g/mol. The zero-order chi connectivity index (χ0) is 12.7. The molecule has 17 heavy (non-hydrogen) atoms. The summed E-state index contributed by atoms with van der Waals surface area (Å²) in [5.74, 6) is 2.61. The van der Waals surface area contributed by atoms with Gasteiger partial charge in [0, 0.05) is 24.9 Å². The van der Waals surface area contributed by atoms with E-state index < -0.39 is 0 Å². The highest BCUT2D eigenvalue weighted by Gasteiger charge is 2.13. The Morgan fingerprint density at radius 2 is 2.29 bits per heavy atom. The van der Waals surface area contributed by atoms with Gasteiger partial charge in [-0.3, -0.25) is 4.79 Å². The van der Waals surface area contributed by atoms with Crippen LogP contribution < -0.4 is 4.90 Å². The van der Waals surface area contributed by atoms with Crippen LogP contribution in [0.3, 0.4) is 0 Å². The van der Waals surface area contributed by atoms with Crippen molar-refractivity contribution in [3.8, 4) is 12.3 Å². The van der Waals surface area contributed by atoms with Gasteiger partial charge in [0.05, 0.1) is 13.0 Å². The fourth-order valence-electron chi connectivity index (χ4n) is 1.59. The van der Waals surface area contributed by atoms with Gasteiger partial charge in [-0.25, -0.2) is 0 Å². The highest BCUT2D eigenvalue weighted by molar-refractivity contribution is 5.93. The summed E-state index contributed by atoms with van der Waals surface area (Å²) in [5, 5.41) is 0. The first-order valence-corrected chi connectivity index (χ1v) is 5.59. The van der Waals surface area contributed by atoms with E-state index in [0.29, 0.717) is 19.6 Å². The molecule has 0 heterocycles. The fraction of sp³-hybridized carbons (Fsp3) is 0.357. The van der Waals surface area contributed by atoms with Crippen molar-refractivity contribution < 1.29 is 9.53 Å². The maximum Gasteiger partial charge on any atom is 0.229 e. The topological polar surface area (TPSA) is 29.5 Å². The van der Waals surface area contributed by atoms with Crippen LogP contribution in [0.15, 0.2) is 24.3 Å². The number of terminal acetylenes is 1. The van der Waals surface area contributed by atoms with Crippen LogP contribution in [0.25, 0.3) is 0 Å². The molecule has 1 amide bonds. The lowest BCUT2D eigenvalue weighted by Gasteiger charge is -2.21. The highest BCUT2D eigenvalue weighted by Crippen LogP contribution is 2.16. The zero-order valence-corrected chi connectivity index (χ0v) is 10.3. The van der Waals surface area contributed by atoms with E-state index >= 15 is 0 Å². The third-order valence-electron chi connectivity index (χ3n) is 2.46. The van der Waals surface area contributed by atoms with Crippen LogP contribution in [0.4, 0.5) is 5.69 Å². The average Bonchev–Trinajstić information content (AvgIpc) is 2.37. The molecule has 1 rings (SSSR count). The molecule has 0 radical (unpaired) electrons. The van der Waals surface area contributed by atoms with Crippen molar-refractivity contribution in [3.05, 3.63) is 29.8 Å². The number of methoxy groups -OCH3 is 1. The van der Waals surface area contributed by atoms with Crippen LogP contribution >= 0.6 is 0 Å².